The molecular formula is C30H27FN6O4. The van der Waals surface area contributed by atoms with Crippen molar-refractivity contribution in [3.63, 3.8) is 0 Å². The van der Waals surface area contributed by atoms with Crippen LogP contribution in [0.1, 0.15) is 28.7 Å². The minimum atomic E-state index is -1.25. The van der Waals surface area contributed by atoms with Gasteiger partial charge in [-0.25, -0.2) is 4.39 Å². The van der Waals surface area contributed by atoms with Crippen molar-refractivity contribution in [1.29, 1.82) is 0 Å². The van der Waals surface area contributed by atoms with Gasteiger partial charge in [0, 0.05) is 23.9 Å². The lowest BCUT2D eigenvalue weighted by molar-refractivity contribution is -0.127. The number of aromatic nitrogens is 4. The summed E-state index contributed by atoms with van der Waals surface area (Å²) in [6, 6.07) is 21.3. The topological polar surface area (TPSA) is 126 Å². The molecule has 0 aliphatic heterocycles. The van der Waals surface area contributed by atoms with Crippen LogP contribution >= 0.6 is 0 Å². The number of tetrazole rings is 1. The normalized spacial score (nSPS) is 11.7. The zero-order valence-corrected chi connectivity index (χ0v) is 22.4. The molecule has 0 saturated heterocycles. The lowest BCUT2D eigenvalue weighted by Crippen LogP contribution is -2.45. The number of nitrogens with zero attached hydrogens (tertiary/aromatic N) is 5. The zero-order chi connectivity index (χ0) is 28.9. The van der Waals surface area contributed by atoms with E-state index in [9.17, 15) is 19.1 Å². The van der Waals surface area contributed by atoms with Gasteiger partial charge in [-0.1, -0.05) is 48.0 Å². The van der Waals surface area contributed by atoms with Crippen molar-refractivity contribution in [2.75, 3.05) is 4.90 Å². The molecule has 11 heteroatoms. The first-order valence-corrected chi connectivity index (χ1v) is 12.8. The molecule has 208 valence electrons. The number of furan rings is 1. The fraction of sp³-hybridized carbons (Fsp3) is 0.167. The van der Waals surface area contributed by atoms with Crippen molar-refractivity contribution in [2.24, 2.45) is 0 Å². The summed E-state index contributed by atoms with van der Waals surface area (Å²) in [6.45, 7) is 3.43. The molecule has 0 aliphatic rings. The maximum atomic E-state index is 13.9. The molecule has 41 heavy (non-hydrogen) atoms. The third-order valence-corrected chi connectivity index (χ3v) is 6.33. The maximum Gasteiger partial charge on any atom is 0.251 e. The van der Waals surface area contributed by atoms with Crippen molar-refractivity contribution in [3.8, 4) is 17.1 Å². The van der Waals surface area contributed by atoms with E-state index in [-0.39, 0.29) is 30.3 Å². The van der Waals surface area contributed by atoms with Gasteiger partial charge in [-0.15, -0.1) is 10.2 Å². The van der Waals surface area contributed by atoms with Crippen LogP contribution < -0.4 is 10.2 Å². The molecule has 2 amide bonds. The highest BCUT2D eigenvalue weighted by Crippen LogP contribution is 2.31. The van der Waals surface area contributed by atoms with Crippen LogP contribution in [0.5, 0.6) is 5.75 Å². The fourth-order valence-corrected chi connectivity index (χ4v) is 4.27. The molecule has 2 heterocycles. The third-order valence-electron chi connectivity index (χ3n) is 6.33. The van der Waals surface area contributed by atoms with Crippen molar-refractivity contribution >= 4 is 17.5 Å². The molecule has 10 nitrogen and oxygen atoms in total. The molecule has 3 aromatic carbocycles. The average Bonchev–Trinajstić information content (AvgIpc) is 3.60. The predicted molar refractivity (Wildman–Crippen MR) is 148 cm³/mol. The molecule has 2 N–H and O–H groups in total. The van der Waals surface area contributed by atoms with Gasteiger partial charge in [0.25, 0.3) is 11.8 Å². The Labute approximate surface area is 235 Å². The summed E-state index contributed by atoms with van der Waals surface area (Å²) >= 11 is 0. The molecule has 2 aromatic heterocycles. The third kappa shape index (κ3) is 6.47. The number of halogens is 1. The van der Waals surface area contributed by atoms with Crippen molar-refractivity contribution in [3.05, 3.63) is 113 Å². The van der Waals surface area contributed by atoms with Crippen molar-refractivity contribution in [2.45, 2.75) is 33.0 Å². The summed E-state index contributed by atoms with van der Waals surface area (Å²) in [4.78, 5) is 30.0. The molecule has 1 atom stereocenters. The van der Waals surface area contributed by atoms with E-state index in [1.165, 1.54) is 29.2 Å². The number of nitrogens with one attached hydrogen (secondary N) is 1. The molecular weight excluding hydrogens is 527 g/mol. The minimum Gasteiger partial charge on any atom is -0.508 e. The fourth-order valence-electron chi connectivity index (χ4n) is 4.27. The second-order valence-corrected chi connectivity index (χ2v) is 9.49. The van der Waals surface area contributed by atoms with Crippen LogP contribution in [0.4, 0.5) is 10.1 Å². The number of carbonyl (C=O) groups excluding carboxylic acids is 2. The number of rotatable bonds is 9. The number of amides is 2. The number of aryl methyl sites for hydroxylation is 2. The number of aromatic hydroxyl groups is 1. The first kappa shape index (κ1) is 27.3. The molecule has 5 aromatic rings. The molecule has 0 saturated carbocycles. The van der Waals surface area contributed by atoms with Crippen LogP contribution in [0.15, 0.2) is 89.3 Å². The smallest absolute Gasteiger partial charge is 0.251 e. The van der Waals surface area contributed by atoms with Gasteiger partial charge in [0.15, 0.2) is 6.04 Å². The van der Waals surface area contributed by atoms with Crippen LogP contribution in [0.3, 0.4) is 0 Å². The Morgan fingerprint density at radius 3 is 2.46 bits per heavy atom. The van der Waals surface area contributed by atoms with Crippen LogP contribution in [-0.2, 0) is 22.7 Å². The summed E-state index contributed by atoms with van der Waals surface area (Å²) in [5.41, 5.74) is 2.74. The number of phenolic OH excluding ortho intramolecular Hbond substituents is 1. The zero-order valence-electron chi connectivity index (χ0n) is 22.4. The Kier molecular flexibility index (Phi) is 7.86. The minimum absolute atomic E-state index is 0.0852. The maximum absolute atomic E-state index is 13.9. The number of benzene rings is 3. The molecule has 0 fully saturated rings. The average molecular weight is 555 g/mol. The molecule has 0 unspecified atom stereocenters. The van der Waals surface area contributed by atoms with E-state index >= 15 is 0 Å². The number of hydrogen-bond donors (Lipinski definition) is 2. The molecule has 0 aliphatic carbocycles. The van der Waals surface area contributed by atoms with Crippen LogP contribution in [0.2, 0.25) is 0 Å². The summed E-state index contributed by atoms with van der Waals surface area (Å²) < 4.78 is 19.2. The van der Waals surface area contributed by atoms with Gasteiger partial charge in [0.05, 0.1) is 0 Å². The van der Waals surface area contributed by atoms with E-state index in [0.717, 1.165) is 15.9 Å². The number of phenols is 1. The highest BCUT2D eigenvalue weighted by molar-refractivity contribution is 6.01. The Balaban J connectivity index is 1.47. The molecule has 5 rings (SSSR count). The second kappa shape index (κ2) is 11.8. The lowest BCUT2D eigenvalue weighted by atomic mass is 10.1. The number of hydrogen-bond acceptors (Lipinski definition) is 7. The number of anilines is 1. The predicted octanol–water partition coefficient (Wildman–Crippen LogP) is 4.49. The van der Waals surface area contributed by atoms with Crippen LogP contribution in [0.25, 0.3) is 11.4 Å². The summed E-state index contributed by atoms with van der Waals surface area (Å²) in [5.74, 6) is -0.495. The molecule has 0 radical (unpaired) electrons. The van der Waals surface area contributed by atoms with Crippen molar-refractivity contribution in [1.82, 2.24) is 25.5 Å². The molecule has 0 bridgehead atoms. The van der Waals surface area contributed by atoms with Gasteiger partial charge >= 0.3 is 0 Å². The van der Waals surface area contributed by atoms with E-state index in [1.807, 2.05) is 31.2 Å². The Morgan fingerprint density at radius 1 is 1.02 bits per heavy atom. The largest absolute Gasteiger partial charge is 0.508 e. The highest BCUT2D eigenvalue weighted by Gasteiger charge is 2.35. The lowest BCUT2D eigenvalue weighted by Gasteiger charge is -2.30. The first-order chi connectivity index (χ1) is 19.8. The quantitative estimate of drug-likeness (QED) is 0.275. The second-order valence-electron chi connectivity index (χ2n) is 9.49. The Morgan fingerprint density at radius 2 is 1.78 bits per heavy atom. The van der Waals surface area contributed by atoms with E-state index in [4.69, 9.17) is 4.42 Å². The Bertz CT molecular complexity index is 1660. The van der Waals surface area contributed by atoms with Gasteiger partial charge in [-0.05, 0) is 61.0 Å². The van der Waals surface area contributed by atoms with Gasteiger partial charge in [0.1, 0.15) is 29.6 Å². The summed E-state index contributed by atoms with van der Waals surface area (Å²) in [5, 5.41) is 25.5. The van der Waals surface area contributed by atoms with Crippen LogP contribution in [0, 0.1) is 19.7 Å². The van der Waals surface area contributed by atoms with Crippen molar-refractivity contribution < 1.29 is 23.5 Å². The molecule has 0 spiro atoms. The standard InChI is InChI=1S/C30H27FN6O4/c1-19-6-11-22(12-7-19)29-33-35-36(34-29)18-27(39)37(24-4-3-5-25(38)16-24)28(26-15-8-20(2)41-26)30(40)32-17-21-9-13-23(31)14-10-21/h3-16,28,38H,17-18H2,1-2H3,(H,32,40)/t28-/m1/s1. The van der Waals surface area contributed by atoms with E-state index in [2.05, 4.69) is 20.7 Å². The first-order valence-electron chi connectivity index (χ1n) is 12.8. The highest BCUT2D eigenvalue weighted by atomic mass is 19.1. The van der Waals surface area contributed by atoms with Gasteiger partial charge in [0.2, 0.25) is 5.82 Å². The van der Waals surface area contributed by atoms with Gasteiger partial charge in [-0.2, -0.15) is 4.80 Å². The van der Waals surface area contributed by atoms with Crippen LogP contribution in [-0.4, -0.2) is 37.1 Å². The SMILES string of the molecule is Cc1ccc(-c2nnn(CC(=O)N(c3cccc(O)c3)[C@@H](C(=O)NCc3ccc(F)cc3)c3ccc(C)o3)n2)cc1. The van der Waals surface area contributed by atoms with E-state index in [0.29, 0.717) is 17.1 Å². The monoisotopic (exact) mass is 554 g/mol. The summed E-state index contributed by atoms with van der Waals surface area (Å²) in [6.07, 6.45) is 0. The number of carbonyl (C=O) groups is 2. The van der Waals surface area contributed by atoms with E-state index < -0.39 is 23.7 Å². The Hall–Kier alpha value is -5.32. The summed E-state index contributed by atoms with van der Waals surface area (Å²) in [7, 11) is 0. The van der Waals surface area contributed by atoms with Gasteiger partial charge < -0.3 is 14.8 Å². The van der Waals surface area contributed by atoms with Gasteiger partial charge in [-0.3, -0.25) is 14.5 Å². The van der Waals surface area contributed by atoms with E-state index in [1.54, 1.807) is 43.3 Å².